The number of amides is 1. The Morgan fingerprint density at radius 2 is 2.02 bits per heavy atom. The van der Waals surface area contributed by atoms with Crippen LogP contribution >= 0.6 is 23.1 Å². The third-order valence-electron chi connectivity index (χ3n) is 6.70. The minimum atomic E-state index is -0.595. The lowest BCUT2D eigenvalue weighted by Gasteiger charge is -2.38. The lowest BCUT2D eigenvalue weighted by Crippen LogP contribution is -2.38. The molecule has 1 unspecified atom stereocenters. The zero-order chi connectivity index (χ0) is 28.9. The van der Waals surface area contributed by atoms with Crippen LogP contribution in [0.2, 0.25) is 0 Å². The van der Waals surface area contributed by atoms with Gasteiger partial charge in [-0.2, -0.15) is 5.26 Å². The van der Waals surface area contributed by atoms with Gasteiger partial charge in [0.05, 0.1) is 37.0 Å². The van der Waals surface area contributed by atoms with E-state index < -0.39 is 5.92 Å². The van der Waals surface area contributed by atoms with Crippen LogP contribution in [0.25, 0.3) is 0 Å². The molecule has 2 aromatic carbocycles. The third kappa shape index (κ3) is 5.91. The topological polar surface area (TPSA) is 143 Å². The van der Waals surface area contributed by atoms with Gasteiger partial charge < -0.3 is 20.5 Å². The van der Waals surface area contributed by atoms with E-state index in [-0.39, 0.29) is 28.8 Å². The molecule has 3 N–H and O–H groups in total. The maximum Gasteiger partial charge on any atom is 0.234 e. The van der Waals surface area contributed by atoms with Crippen LogP contribution in [0.15, 0.2) is 75.5 Å². The van der Waals surface area contributed by atoms with Crippen LogP contribution in [0.5, 0.6) is 11.5 Å². The number of methoxy groups -OCH3 is 1. The van der Waals surface area contributed by atoms with E-state index in [4.69, 9.17) is 15.2 Å². The van der Waals surface area contributed by atoms with Gasteiger partial charge in [-0.15, -0.1) is 10.2 Å². The van der Waals surface area contributed by atoms with Crippen molar-refractivity contribution >= 4 is 45.6 Å². The van der Waals surface area contributed by atoms with E-state index in [9.17, 15) is 14.9 Å². The molecule has 5 rings (SSSR count). The van der Waals surface area contributed by atoms with E-state index in [0.717, 1.165) is 17.0 Å². The smallest absolute Gasteiger partial charge is 0.234 e. The summed E-state index contributed by atoms with van der Waals surface area (Å²) in [4.78, 5) is 27.5. The number of hydrogen-bond donors (Lipinski definition) is 2. The number of thioether (sulfide) groups is 1. The number of allylic oxidation sites excluding steroid dienone is 3. The molecule has 1 aliphatic carbocycles. The fraction of sp³-hybridized carbons (Fsp3) is 0.276. The molecular weight excluding hydrogens is 560 g/mol. The van der Waals surface area contributed by atoms with Crippen molar-refractivity contribution in [2.24, 2.45) is 5.73 Å². The molecule has 41 heavy (non-hydrogen) atoms. The molecule has 3 aromatic rings. The van der Waals surface area contributed by atoms with Crippen molar-refractivity contribution in [2.75, 3.05) is 29.7 Å². The van der Waals surface area contributed by atoms with Crippen LogP contribution in [0.1, 0.15) is 37.7 Å². The minimum Gasteiger partial charge on any atom is -0.497 e. The molecule has 0 fully saturated rings. The van der Waals surface area contributed by atoms with Gasteiger partial charge in [-0.3, -0.25) is 14.5 Å². The number of carbonyl (C=O) groups excluding carboxylic acids is 2. The summed E-state index contributed by atoms with van der Waals surface area (Å²) < 4.78 is 11.4. The summed E-state index contributed by atoms with van der Waals surface area (Å²) in [6, 6.07) is 16.8. The zero-order valence-electron chi connectivity index (χ0n) is 22.5. The number of ketones is 1. The predicted molar refractivity (Wildman–Crippen MR) is 158 cm³/mol. The highest BCUT2D eigenvalue weighted by atomic mass is 32.2. The number of rotatable bonds is 9. The standard InChI is InChI=1S/C29H28N6O4S2/c1-3-39-19-12-10-18(11-13-19)32-24(37)16-40-29-34-33-28(41-29)35-22-8-5-9-23(36)26(22)25(21(15-30)27(35)31)17-6-4-7-20(14-17)38-2/h4,6-7,10-14,25H,3,5,8-9,16,31H2,1-2H3,(H,32,37). The van der Waals surface area contributed by atoms with E-state index in [0.29, 0.717) is 52.4 Å². The molecule has 1 atom stereocenters. The Bertz CT molecular complexity index is 1570. The van der Waals surface area contributed by atoms with E-state index >= 15 is 0 Å². The fourth-order valence-electron chi connectivity index (χ4n) is 4.94. The molecule has 1 amide bonds. The van der Waals surface area contributed by atoms with Crippen LogP contribution in [-0.2, 0) is 9.59 Å². The van der Waals surface area contributed by atoms with Gasteiger partial charge in [-0.05, 0) is 61.7 Å². The number of aromatic nitrogens is 2. The maximum absolute atomic E-state index is 13.3. The molecular formula is C29H28N6O4S2. The quantitative estimate of drug-likeness (QED) is 0.328. The first-order chi connectivity index (χ1) is 19.9. The highest BCUT2D eigenvalue weighted by Gasteiger charge is 2.41. The van der Waals surface area contributed by atoms with E-state index in [1.165, 1.54) is 23.1 Å². The van der Waals surface area contributed by atoms with E-state index in [1.54, 1.807) is 36.3 Å². The minimum absolute atomic E-state index is 0.0191. The normalized spacial score (nSPS) is 16.8. The summed E-state index contributed by atoms with van der Waals surface area (Å²) in [5.74, 6) is 0.902. The van der Waals surface area contributed by atoms with E-state index in [1.807, 2.05) is 31.2 Å². The van der Waals surface area contributed by atoms with Crippen LogP contribution < -0.4 is 25.4 Å². The first-order valence-electron chi connectivity index (χ1n) is 13.0. The molecule has 1 aromatic heterocycles. The Hall–Kier alpha value is -4.34. The summed E-state index contributed by atoms with van der Waals surface area (Å²) in [7, 11) is 1.57. The van der Waals surface area contributed by atoms with E-state index in [2.05, 4.69) is 21.6 Å². The van der Waals surface area contributed by atoms with Crippen molar-refractivity contribution in [1.82, 2.24) is 10.2 Å². The number of Topliss-reactive ketones (excluding diaryl/α,β-unsaturated/α-hetero) is 1. The van der Waals surface area contributed by atoms with Gasteiger partial charge in [0.25, 0.3) is 0 Å². The molecule has 1 aliphatic heterocycles. The Morgan fingerprint density at radius 1 is 1.22 bits per heavy atom. The Balaban J connectivity index is 1.37. The summed E-state index contributed by atoms with van der Waals surface area (Å²) >= 11 is 2.50. The molecule has 210 valence electrons. The van der Waals surface area contributed by atoms with Crippen LogP contribution in [-0.4, -0.2) is 41.4 Å². The largest absolute Gasteiger partial charge is 0.497 e. The van der Waals surface area contributed by atoms with Crippen molar-refractivity contribution in [1.29, 1.82) is 5.26 Å². The van der Waals surface area contributed by atoms with Crippen LogP contribution in [0.3, 0.4) is 0 Å². The summed E-state index contributed by atoms with van der Waals surface area (Å²) in [6.07, 6.45) is 1.67. The van der Waals surface area contributed by atoms with Gasteiger partial charge in [0.15, 0.2) is 10.1 Å². The lowest BCUT2D eigenvalue weighted by atomic mass is 9.76. The maximum atomic E-state index is 13.3. The number of anilines is 2. The van der Waals surface area contributed by atoms with Crippen molar-refractivity contribution < 1.29 is 19.1 Å². The molecule has 0 saturated heterocycles. The number of ether oxygens (including phenoxy) is 2. The van der Waals surface area contributed by atoms with Gasteiger partial charge >= 0.3 is 0 Å². The second-order valence-corrected chi connectivity index (χ2v) is 11.4. The molecule has 12 heteroatoms. The number of benzene rings is 2. The van der Waals surface area contributed by atoms with Crippen molar-refractivity contribution in [3.8, 4) is 17.6 Å². The Morgan fingerprint density at radius 3 is 2.76 bits per heavy atom. The van der Waals surface area contributed by atoms with Gasteiger partial charge in [0, 0.05) is 23.4 Å². The summed E-state index contributed by atoms with van der Waals surface area (Å²) in [6.45, 7) is 2.48. The Labute approximate surface area is 245 Å². The highest BCUT2D eigenvalue weighted by molar-refractivity contribution is 8.01. The Kier molecular flexibility index (Phi) is 8.56. The number of nitrogens with two attached hydrogens (primary N) is 1. The van der Waals surface area contributed by atoms with Gasteiger partial charge in [0.1, 0.15) is 17.3 Å². The molecule has 2 heterocycles. The molecule has 0 spiro atoms. The summed E-state index contributed by atoms with van der Waals surface area (Å²) in [5, 5.41) is 22.1. The molecule has 10 nitrogen and oxygen atoms in total. The number of hydrogen-bond acceptors (Lipinski definition) is 11. The second kappa shape index (κ2) is 12.4. The van der Waals surface area contributed by atoms with Crippen LogP contribution in [0, 0.1) is 11.3 Å². The number of nitriles is 1. The predicted octanol–water partition coefficient (Wildman–Crippen LogP) is 4.98. The van der Waals surface area contributed by atoms with Gasteiger partial charge in [-0.25, -0.2) is 0 Å². The van der Waals surface area contributed by atoms with Crippen molar-refractivity contribution in [2.45, 2.75) is 36.4 Å². The molecule has 0 saturated carbocycles. The first kappa shape index (κ1) is 28.2. The monoisotopic (exact) mass is 588 g/mol. The van der Waals surface area contributed by atoms with Crippen LogP contribution in [0.4, 0.5) is 10.8 Å². The SMILES string of the molecule is CCOc1ccc(NC(=O)CSc2nnc(N3C(N)=C(C#N)C(c4cccc(OC)c4)C4=C3CCCC4=O)s2)cc1. The summed E-state index contributed by atoms with van der Waals surface area (Å²) in [5.41, 5.74) is 9.61. The average molecular weight is 589 g/mol. The fourth-order valence-corrected chi connectivity index (χ4v) is 6.62. The number of nitrogens with one attached hydrogen (secondary N) is 1. The first-order valence-corrected chi connectivity index (χ1v) is 14.8. The molecule has 0 bridgehead atoms. The highest BCUT2D eigenvalue weighted by Crippen LogP contribution is 2.47. The number of nitrogens with zero attached hydrogens (tertiary/aromatic N) is 4. The van der Waals surface area contributed by atoms with Gasteiger partial charge in [0.2, 0.25) is 11.0 Å². The average Bonchev–Trinajstić information content (AvgIpc) is 3.45. The lowest BCUT2D eigenvalue weighted by molar-refractivity contribution is -0.116. The second-order valence-electron chi connectivity index (χ2n) is 9.24. The number of carbonyl (C=O) groups is 2. The third-order valence-corrected chi connectivity index (χ3v) is 8.75. The molecule has 2 aliphatic rings. The molecule has 0 radical (unpaired) electrons. The zero-order valence-corrected chi connectivity index (χ0v) is 24.2. The van der Waals surface area contributed by atoms with Crippen molar-refractivity contribution in [3.63, 3.8) is 0 Å². The van der Waals surface area contributed by atoms with Crippen molar-refractivity contribution in [3.05, 3.63) is 76.8 Å². The van der Waals surface area contributed by atoms with Gasteiger partial charge in [-0.1, -0.05) is 35.2 Å².